The lowest BCUT2D eigenvalue weighted by Crippen LogP contribution is -2.36. The Morgan fingerprint density at radius 1 is 0.935 bits per heavy atom. The van der Waals surface area contributed by atoms with E-state index in [1.807, 2.05) is 12.4 Å². The number of morpholine rings is 1. The van der Waals surface area contributed by atoms with Crippen molar-refractivity contribution in [1.29, 1.82) is 0 Å². The van der Waals surface area contributed by atoms with E-state index in [1.165, 1.54) is 27.8 Å². The van der Waals surface area contributed by atoms with Crippen LogP contribution in [0.5, 0.6) is 0 Å². The van der Waals surface area contributed by atoms with Crippen molar-refractivity contribution in [3.05, 3.63) is 90.4 Å². The molecule has 5 nitrogen and oxygen atoms in total. The van der Waals surface area contributed by atoms with Gasteiger partial charge in [-0.15, -0.1) is 0 Å². The molecule has 0 spiro atoms. The summed E-state index contributed by atoms with van der Waals surface area (Å²) in [7, 11) is 0. The van der Waals surface area contributed by atoms with E-state index in [9.17, 15) is 0 Å². The summed E-state index contributed by atoms with van der Waals surface area (Å²) in [5.74, 6) is 0. The van der Waals surface area contributed by atoms with Gasteiger partial charge in [0.1, 0.15) is 5.65 Å². The average Bonchev–Trinajstić information content (AvgIpc) is 3.50. The number of imidazole rings is 1. The Morgan fingerprint density at radius 2 is 1.81 bits per heavy atom. The van der Waals surface area contributed by atoms with E-state index >= 15 is 0 Å². The van der Waals surface area contributed by atoms with Gasteiger partial charge in [0.15, 0.2) is 0 Å². The number of anilines is 1. The number of fused-ring (bicyclic) bond motifs is 2. The van der Waals surface area contributed by atoms with Gasteiger partial charge in [-0.25, -0.2) is 4.98 Å². The molecule has 0 bridgehead atoms. The van der Waals surface area contributed by atoms with Gasteiger partial charge in [-0.1, -0.05) is 30.3 Å². The molecule has 154 valence electrons. The molecule has 1 aliphatic heterocycles. The number of ether oxygens (including phenoxy) is 1. The second-order valence-electron chi connectivity index (χ2n) is 8.09. The molecule has 2 aromatic carbocycles. The summed E-state index contributed by atoms with van der Waals surface area (Å²) in [6.07, 6.45) is 6.78. The highest BCUT2D eigenvalue weighted by Gasteiger charge is 2.13. The highest BCUT2D eigenvalue weighted by molar-refractivity contribution is 5.84. The van der Waals surface area contributed by atoms with Gasteiger partial charge in [-0.2, -0.15) is 0 Å². The van der Waals surface area contributed by atoms with Gasteiger partial charge >= 0.3 is 0 Å². The van der Waals surface area contributed by atoms with Crippen LogP contribution in [0.25, 0.3) is 27.8 Å². The first kappa shape index (κ1) is 18.2. The first-order valence-electron chi connectivity index (χ1n) is 10.8. The quantitative estimate of drug-likeness (QED) is 0.460. The lowest BCUT2D eigenvalue weighted by molar-refractivity contribution is 0.122. The minimum absolute atomic E-state index is 0.808. The SMILES string of the molecule is c1cn2c(-c3ccc4cc[nH]c4c3)ccc(Cc3ccc(N4CCOCC4)cc3)c2n1. The number of benzene rings is 2. The smallest absolute Gasteiger partial charge is 0.140 e. The number of nitrogens with one attached hydrogen (secondary N) is 1. The molecule has 0 unspecified atom stereocenters. The molecule has 0 amide bonds. The lowest BCUT2D eigenvalue weighted by atomic mass is 10.0. The van der Waals surface area contributed by atoms with Crippen molar-refractivity contribution >= 4 is 22.2 Å². The molecule has 0 atom stereocenters. The van der Waals surface area contributed by atoms with Crippen molar-refractivity contribution < 1.29 is 4.74 Å². The molecular weight excluding hydrogens is 384 g/mol. The molecule has 0 saturated carbocycles. The number of hydrogen-bond acceptors (Lipinski definition) is 3. The molecular formula is C26H24N4O. The maximum atomic E-state index is 5.46. The van der Waals surface area contributed by atoms with Crippen LogP contribution in [0.1, 0.15) is 11.1 Å². The van der Waals surface area contributed by atoms with Crippen LogP contribution in [0.2, 0.25) is 0 Å². The van der Waals surface area contributed by atoms with Gasteiger partial charge in [-0.05, 0) is 46.8 Å². The van der Waals surface area contributed by atoms with Crippen molar-refractivity contribution in [1.82, 2.24) is 14.4 Å². The Morgan fingerprint density at radius 3 is 2.68 bits per heavy atom. The van der Waals surface area contributed by atoms with Gasteiger partial charge in [0.25, 0.3) is 0 Å². The van der Waals surface area contributed by atoms with Crippen LogP contribution in [0.4, 0.5) is 5.69 Å². The van der Waals surface area contributed by atoms with E-state index in [0.717, 1.165) is 49.6 Å². The van der Waals surface area contributed by atoms with E-state index in [2.05, 4.69) is 86.1 Å². The zero-order valence-corrected chi connectivity index (χ0v) is 17.3. The third-order valence-electron chi connectivity index (χ3n) is 6.19. The average molecular weight is 409 g/mol. The predicted octanol–water partition coefficient (Wildman–Crippen LogP) is 4.91. The standard InChI is InChI=1S/C26H24N4O/c1-6-23(29-13-15-31-16-14-29)7-2-19(1)17-22-5-8-25(30-12-11-28-26(22)30)21-4-3-20-9-10-27-24(20)18-21/h1-12,18,27H,13-17H2. The summed E-state index contributed by atoms with van der Waals surface area (Å²) in [6.45, 7) is 3.54. The Hall–Kier alpha value is -3.57. The Bertz CT molecular complexity index is 1340. The van der Waals surface area contributed by atoms with Crippen molar-refractivity contribution in [2.45, 2.75) is 6.42 Å². The third kappa shape index (κ3) is 3.37. The molecule has 0 radical (unpaired) electrons. The molecule has 5 aromatic rings. The topological polar surface area (TPSA) is 45.6 Å². The second-order valence-corrected chi connectivity index (χ2v) is 8.09. The number of pyridine rings is 1. The van der Waals surface area contributed by atoms with Crippen molar-refractivity contribution in [2.75, 3.05) is 31.2 Å². The Labute approximate surface area is 180 Å². The maximum Gasteiger partial charge on any atom is 0.140 e. The fourth-order valence-corrected chi connectivity index (χ4v) is 4.52. The number of rotatable bonds is 4. The van der Waals surface area contributed by atoms with E-state index in [0.29, 0.717) is 0 Å². The fourth-order valence-electron chi connectivity index (χ4n) is 4.52. The van der Waals surface area contributed by atoms with Crippen molar-refractivity contribution in [3.8, 4) is 11.3 Å². The monoisotopic (exact) mass is 408 g/mol. The zero-order valence-electron chi connectivity index (χ0n) is 17.3. The van der Waals surface area contributed by atoms with Crippen LogP contribution in [0.3, 0.4) is 0 Å². The van der Waals surface area contributed by atoms with Crippen LogP contribution in [0.15, 0.2) is 79.3 Å². The molecule has 4 heterocycles. The molecule has 0 aliphatic carbocycles. The van der Waals surface area contributed by atoms with E-state index in [-0.39, 0.29) is 0 Å². The number of aromatic amines is 1. The number of hydrogen-bond donors (Lipinski definition) is 1. The molecule has 1 fully saturated rings. The molecule has 1 aliphatic rings. The van der Waals surface area contributed by atoms with Gasteiger partial charge in [0.05, 0.1) is 18.9 Å². The van der Waals surface area contributed by atoms with Crippen molar-refractivity contribution in [2.24, 2.45) is 0 Å². The maximum absolute atomic E-state index is 5.46. The molecule has 1 N–H and O–H groups in total. The van der Waals surface area contributed by atoms with Gasteiger partial charge in [0, 0.05) is 54.9 Å². The molecule has 5 heteroatoms. The van der Waals surface area contributed by atoms with Gasteiger partial charge in [0.2, 0.25) is 0 Å². The van der Waals surface area contributed by atoms with E-state index < -0.39 is 0 Å². The lowest BCUT2D eigenvalue weighted by Gasteiger charge is -2.28. The molecule has 31 heavy (non-hydrogen) atoms. The largest absolute Gasteiger partial charge is 0.378 e. The predicted molar refractivity (Wildman–Crippen MR) is 125 cm³/mol. The third-order valence-corrected chi connectivity index (χ3v) is 6.19. The van der Waals surface area contributed by atoms with E-state index in [1.54, 1.807) is 0 Å². The number of H-pyrrole nitrogens is 1. The Balaban J connectivity index is 1.30. The van der Waals surface area contributed by atoms with E-state index in [4.69, 9.17) is 4.74 Å². The fraction of sp³-hybridized carbons (Fsp3) is 0.192. The summed E-state index contributed by atoms with van der Waals surface area (Å²) in [5.41, 5.74) is 8.29. The number of aromatic nitrogens is 3. The highest BCUT2D eigenvalue weighted by atomic mass is 16.5. The van der Waals surface area contributed by atoms with Crippen LogP contribution in [-0.4, -0.2) is 40.7 Å². The zero-order chi connectivity index (χ0) is 20.6. The first-order valence-corrected chi connectivity index (χ1v) is 10.8. The highest BCUT2D eigenvalue weighted by Crippen LogP contribution is 2.27. The Kier molecular flexibility index (Phi) is 4.47. The van der Waals surface area contributed by atoms with Gasteiger partial charge in [-0.3, -0.25) is 4.40 Å². The minimum atomic E-state index is 0.808. The summed E-state index contributed by atoms with van der Waals surface area (Å²) in [5, 5.41) is 1.22. The minimum Gasteiger partial charge on any atom is -0.378 e. The van der Waals surface area contributed by atoms with Crippen LogP contribution in [0, 0.1) is 0 Å². The van der Waals surface area contributed by atoms with Crippen molar-refractivity contribution in [3.63, 3.8) is 0 Å². The first-order chi connectivity index (χ1) is 15.3. The summed E-state index contributed by atoms with van der Waals surface area (Å²) in [6, 6.07) is 22.0. The summed E-state index contributed by atoms with van der Waals surface area (Å²) < 4.78 is 7.66. The van der Waals surface area contributed by atoms with Crippen LogP contribution in [-0.2, 0) is 11.2 Å². The van der Waals surface area contributed by atoms with Crippen LogP contribution < -0.4 is 4.90 Å². The van der Waals surface area contributed by atoms with Gasteiger partial charge < -0.3 is 14.6 Å². The molecule has 3 aromatic heterocycles. The molecule has 1 saturated heterocycles. The van der Waals surface area contributed by atoms with Crippen LogP contribution >= 0.6 is 0 Å². The second kappa shape index (κ2) is 7.60. The summed E-state index contributed by atoms with van der Waals surface area (Å²) >= 11 is 0. The normalized spacial score (nSPS) is 14.5. The molecule has 6 rings (SSSR count). The number of nitrogens with zero attached hydrogens (tertiary/aromatic N) is 3. The summed E-state index contributed by atoms with van der Waals surface area (Å²) in [4.78, 5) is 10.4.